The molecule has 8 nitrogen and oxygen atoms in total. The summed E-state index contributed by atoms with van der Waals surface area (Å²) in [6, 6.07) is 0. The van der Waals surface area contributed by atoms with Crippen LogP contribution in [0.2, 0.25) is 0 Å². The first-order valence-electron chi connectivity index (χ1n) is 5.20. The SMILES string of the molecule is Cc1nc(-c2nc(-c3nc(C(=O)O)co3)co2)co1. The van der Waals surface area contributed by atoms with Gasteiger partial charge in [0.25, 0.3) is 0 Å². The van der Waals surface area contributed by atoms with Crippen molar-refractivity contribution in [2.75, 3.05) is 0 Å². The highest BCUT2D eigenvalue weighted by molar-refractivity contribution is 5.85. The van der Waals surface area contributed by atoms with Crippen molar-refractivity contribution >= 4 is 5.97 Å². The van der Waals surface area contributed by atoms with Gasteiger partial charge in [-0.3, -0.25) is 0 Å². The maximum absolute atomic E-state index is 10.7. The van der Waals surface area contributed by atoms with E-state index in [1.54, 1.807) is 6.92 Å². The molecule has 3 aromatic rings. The molecule has 8 heteroatoms. The molecule has 0 bridgehead atoms. The molecule has 0 aliphatic carbocycles. The number of carboxylic acids is 1. The summed E-state index contributed by atoms with van der Waals surface area (Å²) in [5.74, 6) is -0.389. The van der Waals surface area contributed by atoms with Gasteiger partial charge in [-0.05, 0) is 0 Å². The fraction of sp³-hybridized carbons (Fsp3) is 0.0909. The Hall–Kier alpha value is -2.90. The van der Waals surface area contributed by atoms with E-state index in [0.29, 0.717) is 11.6 Å². The van der Waals surface area contributed by atoms with Crippen molar-refractivity contribution in [1.82, 2.24) is 15.0 Å². The third-order valence-corrected chi connectivity index (χ3v) is 2.28. The molecule has 0 unspecified atom stereocenters. The fourth-order valence-corrected chi connectivity index (χ4v) is 1.44. The molecule has 3 heterocycles. The fourth-order valence-electron chi connectivity index (χ4n) is 1.44. The molecular weight excluding hydrogens is 254 g/mol. The number of rotatable bonds is 3. The molecule has 3 aromatic heterocycles. The minimum atomic E-state index is -1.18. The van der Waals surface area contributed by atoms with Crippen LogP contribution in [-0.4, -0.2) is 26.0 Å². The summed E-state index contributed by atoms with van der Waals surface area (Å²) in [5.41, 5.74) is 0.522. The highest BCUT2D eigenvalue weighted by Crippen LogP contribution is 2.23. The Balaban J connectivity index is 1.94. The number of hydrogen-bond acceptors (Lipinski definition) is 7. The van der Waals surface area contributed by atoms with Crippen LogP contribution in [0, 0.1) is 6.92 Å². The van der Waals surface area contributed by atoms with Crippen LogP contribution in [0.1, 0.15) is 16.4 Å². The number of aromatic carboxylic acids is 1. The third-order valence-electron chi connectivity index (χ3n) is 2.28. The summed E-state index contributed by atoms with van der Waals surface area (Å²) >= 11 is 0. The Bertz CT molecular complexity index is 739. The van der Waals surface area contributed by atoms with Crippen molar-refractivity contribution in [3.8, 4) is 23.2 Å². The van der Waals surface area contributed by atoms with Gasteiger partial charge in [-0.2, -0.15) is 0 Å². The van der Waals surface area contributed by atoms with Crippen LogP contribution in [0.4, 0.5) is 0 Å². The Morgan fingerprint density at radius 1 is 1.00 bits per heavy atom. The minimum Gasteiger partial charge on any atom is -0.476 e. The van der Waals surface area contributed by atoms with E-state index >= 15 is 0 Å². The van der Waals surface area contributed by atoms with Gasteiger partial charge in [0.05, 0.1) is 0 Å². The average molecular weight is 261 g/mol. The van der Waals surface area contributed by atoms with Crippen LogP contribution in [0.25, 0.3) is 23.2 Å². The predicted octanol–water partition coefficient (Wildman–Crippen LogP) is 1.99. The molecule has 96 valence electrons. The van der Waals surface area contributed by atoms with Crippen LogP contribution in [-0.2, 0) is 0 Å². The second-order valence-corrected chi connectivity index (χ2v) is 3.63. The number of carbonyl (C=O) groups is 1. The van der Waals surface area contributed by atoms with Gasteiger partial charge < -0.3 is 18.4 Å². The zero-order valence-corrected chi connectivity index (χ0v) is 9.65. The normalized spacial score (nSPS) is 10.8. The van der Waals surface area contributed by atoms with Crippen LogP contribution in [0.3, 0.4) is 0 Å². The Labute approximate surface area is 105 Å². The third kappa shape index (κ3) is 1.99. The lowest BCUT2D eigenvalue weighted by Gasteiger charge is -1.84. The van der Waals surface area contributed by atoms with Gasteiger partial charge in [0, 0.05) is 6.92 Å². The first-order chi connectivity index (χ1) is 9.13. The van der Waals surface area contributed by atoms with E-state index in [2.05, 4.69) is 15.0 Å². The summed E-state index contributed by atoms with van der Waals surface area (Å²) in [4.78, 5) is 22.6. The molecule has 3 rings (SSSR count). The molecule has 0 atom stereocenters. The molecule has 0 radical (unpaired) electrons. The van der Waals surface area contributed by atoms with Gasteiger partial charge in [0.15, 0.2) is 23.0 Å². The van der Waals surface area contributed by atoms with E-state index in [0.717, 1.165) is 6.26 Å². The van der Waals surface area contributed by atoms with E-state index in [1.165, 1.54) is 12.5 Å². The Kier molecular flexibility index (Phi) is 2.41. The van der Waals surface area contributed by atoms with Crippen LogP contribution in [0.5, 0.6) is 0 Å². The quantitative estimate of drug-likeness (QED) is 0.760. The van der Waals surface area contributed by atoms with Crippen molar-refractivity contribution in [3.05, 3.63) is 30.4 Å². The van der Waals surface area contributed by atoms with E-state index in [4.69, 9.17) is 18.4 Å². The van der Waals surface area contributed by atoms with Crippen molar-refractivity contribution in [1.29, 1.82) is 0 Å². The van der Waals surface area contributed by atoms with Crippen molar-refractivity contribution in [2.24, 2.45) is 0 Å². The molecule has 0 saturated heterocycles. The predicted molar refractivity (Wildman–Crippen MR) is 59.2 cm³/mol. The molecule has 0 spiro atoms. The van der Waals surface area contributed by atoms with Crippen LogP contribution < -0.4 is 0 Å². The maximum atomic E-state index is 10.7. The lowest BCUT2D eigenvalue weighted by atomic mass is 10.4. The number of aryl methyl sites for hydroxylation is 1. The molecule has 0 saturated carbocycles. The summed E-state index contributed by atoms with van der Waals surface area (Å²) < 4.78 is 15.3. The van der Waals surface area contributed by atoms with Gasteiger partial charge >= 0.3 is 5.97 Å². The highest BCUT2D eigenvalue weighted by atomic mass is 16.4. The number of hydrogen-bond donors (Lipinski definition) is 1. The van der Waals surface area contributed by atoms with Crippen LogP contribution >= 0.6 is 0 Å². The summed E-state index contributed by atoms with van der Waals surface area (Å²) in [6.07, 6.45) is 3.74. The van der Waals surface area contributed by atoms with Gasteiger partial charge in [0.1, 0.15) is 18.8 Å². The van der Waals surface area contributed by atoms with Crippen LogP contribution in [0.15, 0.2) is 32.0 Å². The largest absolute Gasteiger partial charge is 0.476 e. The zero-order chi connectivity index (χ0) is 13.4. The van der Waals surface area contributed by atoms with Gasteiger partial charge in [-0.1, -0.05) is 0 Å². The Morgan fingerprint density at radius 3 is 2.26 bits per heavy atom. The number of aromatic nitrogens is 3. The second-order valence-electron chi connectivity index (χ2n) is 3.63. The molecule has 0 fully saturated rings. The standard InChI is InChI=1S/C11H7N3O5/c1-5-12-6(2-17-5)9-13-7(3-18-9)10-14-8(4-19-10)11(15)16/h2-4H,1H3,(H,15,16). The second kappa shape index (κ2) is 4.09. The van der Waals surface area contributed by atoms with E-state index in [-0.39, 0.29) is 23.2 Å². The first-order valence-corrected chi connectivity index (χ1v) is 5.20. The number of oxazole rings is 3. The van der Waals surface area contributed by atoms with E-state index < -0.39 is 5.97 Å². The molecule has 0 aromatic carbocycles. The first kappa shape index (κ1) is 11.2. The summed E-state index contributed by atoms with van der Waals surface area (Å²) in [5, 5.41) is 8.74. The van der Waals surface area contributed by atoms with Crippen molar-refractivity contribution < 1.29 is 23.2 Å². The van der Waals surface area contributed by atoms with Gasteiger partial charge in [-0.15, -0.1) is 0 Å². The summed E-state index contributed by atoms with van der Waals surface area (Å²) in [7, 11) is 0. The number of carboxylic acid groups (broad SMARTS) is 1. The van der Waals surface area contributed by atoms with Gasteiger partial charge in [0.2, 0.25) is 11.8 Å². The van der Waals surface area contributed by atoms with Crippen molar-refractivity contribution in [2.45, 2.75) is 6.92 Å². The smallest absolute Gasteiger partial charge is 0.357 e. The molecule has 19 heavy (non-hydrogen) atoms. The molecular formula is C11H7N3O5. The maximum Gasteiger partial charge on any atom is 0.357 e. The van der Waals surface area contributed by atoms with Gasteiger partial charge in [-0.25, -0.2) is 19.7 Å². The molecule has 0 aliphatic rings. The van der Waals surface area contributed by atoms with E-state index in [9.17, 15) is 4.79 Å². The molecule has 1 N–H and O–H groups in total. The zero-order valence-electron chi connectivity index (χ0n) is 9.65. The number of nitrogens with zero attached hydrogens (tertiary/aromatic N) is 3. The Morgan fingerprint density at radius 2 is 1.63 bits per heavy atom. The monoisotopic (exact) mass is 261 g/mol. The topological polar surface area (TPSA) is 115 Å². The van der Waals surface area contributed by atoms with E-state index in [1.807, 2.05) is 0 Å². The molecule has 0 amide bonds. The average Bonchev–Trinajstić information content (AvgIpc) is 3.07. The summed E-state index contributed by atoms with van der Waals surface area (Å²) in [6.45, 7) is 1.70. The molecule has 0 aliphatic heterocycles. The van der Waals surface area contributed by atoms with Crippen molar-refractivity contribution in [3.63, 3.8) is 0 Å². The lowest BCUT2D eigenvalue weighted by molar-refractivity contribution is 0.0690. The highest BCUT2D eigenvalue weighted by Gasteiger charge is 2.17. The minimum absolute atomic E-state index is 0.0626. The lowest BCUT2D eigenvalue weighted by Crippen LogP contribution is -1.95.